The molecule has 1 aromatic heterocycles. The summed E-state index contributed by atoms with van der Waals surface area (Å²) in [5.41, 5.74) is 3.54. The molecule has 0 unspecified atom stereocenters. The number of fused-ring (bicyclic) bond motifs is 1. The zero-order chi connectivity index (χ0) is 14.3. The molecule has 0 aliphatic carbocycles. The molecular weight excluding hydrogens is 294 g/mol. The van der Waals surface area contributed by atoms with Crippen molar-refractivity contribution in [3.8, 4) is 0 Å². The van der Waals surface area contributed by atoms with Crippen molar-refractivity contribution in [2.45, 2.75) is 25.7 Å². The normalized spacial score (nSPS) is 15.0. The van der Waals surface area contributed by atoms with Crippen molar-refractivity contribution < 1.29 is 8.78 Å². The van der Waals surface area contributed by atoms with Crippen LogP contribution in [0.1, 0.15) is 30.7 Å². The van der Waals surface area contributed by atoms with Gasteiger partial charge in [-0.15, -0.1) is 12.4 Å². The van der Waals surface area contributed by atoms with E-state index in [2.05, 4.69) is 24.1 Å². The summed E-state index contributed by atoms with van der Waals surface area (Å²) in [6.07, 6.45) is 2.22. The molecule has 0 fully saturated rings. The van der Waals surface area contributed by atoms with Crippen LogP contribution in [0.15, 0.2) is 30.5 Å². The Morgan fingerprint density at radius 3 is 2.71 bits per heavy atom. The molecule has 0 saturated heterocycles. The Morgan fingerprint density at radius 2 is 2.00 bits per heavy atom. The third-order valence-electron chi connectivity index (χ3n) is 3.80. The Morgan fingerprint density at radius 1 is 1.24 bits per heavy atom. The number of nitrogens with zero attached hydrogens (tertiary/aromatic N) is 1. The second-order valence-corrected chi connectivity index (χ2v) is 5.87. The fraction of sp³-hybridized carbons (Fsp3) is 0.312. The number of anilines is 1. The molecule has 2 heterocycles. The van der Waals surface area contributed by atoms with Crippen molar-refractivity contribution in [1.82, 2.24) is 4.98 Å². The van der Waals surface area contributed by atoms with Crippen LogP contribution in [0, 0.1) is 11.6 Å². The third kappa shape index (κ3) is 3.00. The van der Waals surface area contributed by atoms with Gasteiger partial charge in [0.15, 0.2) is 0 Å². The summed E-state index contributed by atoms with van der Waals surface area (Å²) in [7, 11) is 0. The van der Waals surface area contributed by atoms with Gasteiger partial charge in [0.1, 0.15) is 11.6 Å². The first kappa shape index (κ1) is 15.7. The first-order chi connectivity index (χ1) is 9.45. The second kappa shape index (κ2) is 5.60. The number of benzene rings is 1. The topological polar surface area (TPSA) is 24.9 Å². The van der Waals surface area contributed by atoms with Gasteiger partial charge in [-0.25, -0.2) is 8.78 Å². The Hall–Kier alpha value is -1.68. The van der Waals surface area contributed by atoms with Crippen molar-refractivity contribution in [3.05, 3.63) is 58.9 Å². The monoisotopic (exact) mass is 310 g/mol. The average Bonchev–Trinajstić information content (AvgIpc) is 2.69. The maximum Gasteiger partial charge on any atom is 0.129 e. The summed E-state index contributed by atoms with van der Waals surface area (Å²) in [6.45, 7) is 5.19. The summed E-state index contributed by atoms with van der Waals surface area (Å²) in [6, 6.07) is 5.60. The smallest absolute Gasteiger partial charge is 0.129 e. The van der Waals surface area contributed by atoms with E-state index in [-0.39, 0.29) is 17.8 Å². The predicted molar refractivity (Wildman–Crippen MR) is 82.2 cm³/mol. The fourth-order valence-corrected chi connectivity index (χ4v) is 2.55. The van der Waals surface area contributed by atoms with Crippen LogP contribution in [0.5, 0.6) is 0 Å². The lowest BCUT2D eigenvalue weighted by Crippen LogP contribution is -2.19. The highest BCUT2D eigenvalue weighted by Crippen LogP contribution is 2.36. The van der Waals surface area contributed by atoms with Crippen molar-refractivity contribution in [3.63, 3.8) is 0 Å². The summed E-state index contributed by atoms with van der Waals surface area (Å²) in [5, 5.41) is 3.35. The number of rotatable bonds is 2. The van der Waals surface area contributed by atoms with Gasteiger partial charge in [0.25, 0.3) is 0 Å². The predicted octanol–water partition coefficient (Wildman–Crippen LogP) is 4.08. The van der Waals surface area contributed by atoms with E-state index in [1.54, 1.807) is 0 Å². The van der Waals surface area contributed by atoms with Crippen LogP contribution in [0.25, 0.3) is 0 Å². The number of nitrogens with one attached hydrogen (secondary N) is 1. The van der Waals surface area contributed by atoms with Crippen LogP contribution in [-0.4, -0.2) is 11.5 Å². The summed E-state index contributed by atoms with van der Waals surface area (Å²) >= 11 is 0. The number of aromatic nitrogens is 1. The van der Waals surface area contributed by atoms with E-state index in [9.17, 15) is 8.78 Å². The molecule has 0 atom stereocenters. The van der Waals surface area contributed by atoms with E-state index >= 15 is 0 Å². The minimum absolute atomic E-state index is 0. The Balaban J connectivity index is 0.00000161. The molecule has 2 nitrogen and oxygen atoms in total. The maximum absolute atomic E-state index is 13.6. The highest BCUT2D eigenvalue weighted by Gasteiger charge is 2.30. The second-order valence-electron chi connectivity index (χ2n) is 5.87. The summed E-state index contributed by atoms with van der Waals surface area (Å²) in [4.78, 5) is 4.40. The summed E-state index contributed by atoms with van der Waals surface area (Å²) < 4.78 is 26.5. The van der Waals surface area contributed by atoms with E-state index in [0.29, 0.717) is 12.0 Å². The van der Waals surface area contributed by atoms with Crippen LogP contribution in [0.3, 0.4) is 0 Å². The standard InChI is InChI=1S/C16H16F2N2.ClH/c1-16(2)9-20-15-7-12(19-8-13(15)16)5-10-3-4-11(17)6-14(10)18;/h3-4,6-8,20H,5,9H2,1-2H3;1H. The van der Waals surface area contributed by atoms with Gasteiger partial charge in [-0.1, -0.05) is 19.9 Å². The van der Waals surface area contributed by atoms with Crippen molar-refractivity contribution in [2.75, 3.05) is 11.9 Å². The molecule has 112 valence electrons. The highest BCUT2D eigenvalue weighted by atomic mass is 35.5. The lowest BCUT2D eigenvalue weighted by Gasteiger charge is -2.16. The minimum atomic E-state index is -0.559. The summed E-state index contributed by atoms with van der Waals surface area (Å²) in [5.74, 6) is -1.09. The number of hydrogen-bond donors (Lipinski definition) is 1. The van der Waals surface area contributed by atoms with E-state index in [0.717, 1.165) is 24.0 Å². The molecular formula is C16H17ClF2N2. The van der Waals surface area contributed by atoms with Gasteiger partial charge in [0, 0.05) is 47.6 Å². The van der Waals surface area contributed by atoms with Gasteiger partial charge in [-0.2, -0.15) is 0 Å². The van der Waals surface area contributed by atoms with Gasteiger partial charge in [-0.3, -0.25) is 4.98 Å². The van der Waals surface area contributed by atoms with Crippen LogP contribution in [0.4, 0.5) is 14.5 Å². The van der Waals surface area contributed by atoms with Crippen LogP contribution < -0.4 is 5.32 Å². The zero-order valence-corrected chi connectivity index (χ0v) is 12.7. The molecule has 21 heavy (non-hydrogen) atoms. The zero-order valence-electron chi connectivity index (χ0n) is 11.9. The minimum Gasteiger partial charge on any atom is -0.384 e. The SMILES string of the molecule is CC1(C)CNc2cc(Cc3ccc(F)cc3F)ncc21.Cl. The van der Waals surface area contributed by atoms with Gasteiger partial charge in [-0.05, 0) is 17.7 Å². The maximum atomic E-state index is 13.6. The Kier molecular flexibility index (Phi) is 4.19. The van der Waals surface area contributed by atoms with E-state index < -0.39 is 11.6 Å². The molecule has 0 radical (unpaired) electrons. The van der Waals surface area contributed by atoms with Gasteiger partial charge < -0.3 is 5.32 Å². The first-order valence-corrected chi connectivity index (χ1v) is 6.63. The quantitative estimate of drug-likeness (QED) is 0.904. The van der Waals surface area contributed by atoms with Crippen LogP contribution in [0.2, 0.25) is 0 Å². The van der Waals surface area contributed by atoms with Crippen LogP contribution >= 0.6 is 12.4 Å². The molecule has 0 bridgehead atoms. The molecule has 1 aromatic carbocycles. The average molecular weight is 311 g/mol. The first-order valence-electron chi connectivity index (χ1n) is 6.63. The van der Waals surface area contributed by atoms with E-state index in [1.165, 1.54) is 17.7 Å². The molecule has 5 heteroatoms. The Labute approximate surface area is 129 Å². The molecule has 1 N–H and O–H groups in total. The number of pyridine rings is 1. The molecule has 3 rings (SSSR count). The van der Waals surface area contributed by atoms with Gasteiger partial charge in [0.2, 0.25) is 0 Å². The fourth-order valence-electron chi connectivity index (χ4n) is 2.55. The lowest BCUT2D eigenvalue weighted by molar-refractivity contribution is 0.573. The van der Waals surface area contributed by atoms with Crippen molar-refractivity contribution >= 4 is 18.1 Å². The van der Waals surface area contributed by atoms with E-state index in [4.69, 9.17) is 0 Å². The van der Waals surface area contributed by atoms with Crippen molar-refractivity contribution in [2.24, 2.45) is 0 Å². The number of hydrogen-bond acceptors (Lipinski definition) is 2. The van der Waals surface area contributed by atoms with Gasteiger partial charge >= 0.3 is 0 Å². The molecule has 1 aliphatic heterocycles. The molecule has 1 aliphatic rings. The molecule has 0 amide bonds. The lowest BCUT2D eigenvalue weighted by atomic mass is 9.88. The molecule has 2 aromatic rings. The van der Waals surface area contributed by atoms with E-state index in [1.807, 2.05) is 12.3 Å². The Bertz CT molecular complexity index is 671. The van der Waals surface area contributed by atoms with Crippen molar-refractivity contribution in [1.29, 1.82) is 0 Å². The van der Waals surface area contributed by atoms with Crippen LogP contribution in [-0.2, 0) is 11.8 Å². The number of halogens is 3. The molecule has 0 saturated carbocycles. The largest absolute Gasteiger partial charge is 0.384 e. The molecule has 0 spiro atoms. The highest BCUT2D eigenvalue weighted by molar-refractivity contribution is 5.85. The van der Waals surface area contributed by atoms with Gasteiger partial charge in [0.05, 0.1) is 0 Å². The third-order valence-corrected chi connectivity index (χ3v) is 3.80.